The Kier molecular flexibility index (Phi) is 3.29. The third-order valence-corrected chi connectivity index (χ3v) is 2.34. The Hall–Kier alpha value is -0.340. The third kappa shape index (κ3) is 1.87. The van der Waals surface area contributed by atoms with Crippen molar-refractivity contribution < 1.29 is 9.47 Å². The minimum absolute atomic E-state index is 0.0648. The van der Waals surface area contributed by atoms with E-state index in [9.17, 15) is 0 Å². The highest BCUT2D eigenvalue weighted by molar-refractivity contribution is 5.08. The zero-order chi connectivity index (χ0) is 9.03. The summed E-state index contributed by atoms with van der Waals surface area (Å²) in [6.07, 6.45) is 4.22. The molecule has 1 aliphatic rings. The molecule has 0 atom stereocenters. The first-order chi connectivity index (χ1) is 5.79. The van der Waals surface area contributed by atoms with Gasteiger partial charge in [0.2, 0.25) is 0 Å². The monoisotopic (exact) mass is 170 g/mol. The molecule has 12 heavy (non-hydrogen) atoms. The SMILES string of the molecule is C=CC1(C(OCC)OCC)CC1. The van der Waals surface area contributed by atoms with Crippen LogP contribution in [0, 0.1) is 5.41 Å². The maximum Gasteiger partial charge on any atom is 0.166 e. The van der Waals surface area contributed by atoms with Crippen molar-refractivity contribution >= 4 is 0 Å². The lowest BCUT2D eigenvalue weighted by Crippen LogP contribution is -2.27. The predicted molar refractivity (Wildman–Crippen MR) is 48.9 cm³/mol. The van der Waals surface area contributed by atoms with E-state index < -0.39 is 0 Å². The predicted octanol–water partition coefficient (Wildman–Crippen LogP) is 2.35. The van der Waals surface area contributed by atoms with Crippen molar-refractivity contribution in [3.63, 3.8) is 0 Å². The Morgan fingerprint density at radius 2 is 1.83 bits per heavy atom. The van der Waals surface area contributed by atoms with Gasteiger partial charge in [-0.2, -0.15) is 0 Å². The van der Waals surface area contributed by atoms with Crippen LogP contribution >= 0.6 is 0 Å². The van der Waals surface area contributed by atoms with Crippen molar-refractivity contribution in [3.8, 4) is 0 Å². The molecule has 0 aliphatic heterocycles. The van der Waals surface area contributed by atoms with E-state index in [0.29, 0.717) is 13.2 Å². The molecule has 0 amide bonds. The van der Waals surface area contributed by atoms with Crippen LogP contribution in [0.25, 0.3) is 0 Å². The van der Waals surface area contributed by atoms with Gasteiger partial charge in [0.05, 0.1) is 0 Å². The van der Waals surface area contributed by atoms with Gasteiger partial charge in [0.25, 0.3) is 0 Å². The van der Waals surface area contributed by atoms with Crippen molar-refractivity contribution in [1.82, 2.24) is 0 Å². The van der Waals surface area contributed by atoms with E-state index in [2.05, 4.69) is 6.58 Å². The van der Waals surface area contributed by atoms with Crippen LogP contribution in [0.4, 0.5) is 0 Å². The van der Waals surface area contributed by atoms with Gasteiger partial charge in [-0.05, 0) is 26.7 Å². The average molecular weight is 170 g/mol. The Morgan fingerprint density at radius 1 is 1.33 bits per heavy atom. The summed E-state index contributed by atoms with van der Waals surface area (Å²) >= 11 is 0. The van der Waals surface area contributed by atoms with Crippen LogP contribution in [-0.4, -0.2) is 19.5 Å². The molecule has 1 rings (SSSR count). The zero-order valence-electron chi connectivity index (χ0n) is 8.01. The second-order valence-corrected chi connectivity index (χ2v) is 3.18. The summed E-state index contributed by atoms with van der Waals surface area (Å²) in [5, 5.41) is 0. The summed E-state index contributed by atoms with van der Waals surface area (Å²) in [6, 6.07) is 0. The topological polar surface area (TPSA) is 18.5 Å². The van der Waals surface area contributed by atoms with Crippen LogP contribution in [0.1, 0.15) is 26.7 Å². The molecule has 70 valence electrons. The van der Waals surface area contributed by atoms with Crippen molar-refractivity contribution in [2.75, 3.05) is 13.2 Å². The molecule has 0 spiro atoms. The highest BCUT2D eigenvalue weighted by Crippen LogP contribution is 2.51. The van der Waals surface area contributed by atoms with Crippen LogP contribution in [0.3, 0.4) is 0 Å². The largest absolute Gasteiger partial charge is 0.352 e. The zero-order valence-corrected chi connectivity index (χ0v) is 8.01. The Labute approximate surface area is 74.6 Å². The third-order valence-electron chi connectivity index (χ3n) is 2.34. The normalized spacial score (nSPS) is 19.6. The molecule has 0 unspecified atom stereocenters. The van der Waals surface area contributed by atoms with Gasteiger partial charge in [-0.3, -0.25) is 0 Å². The maximum absolute atomic E-state index is 5.51. The number of hydrogen-bond acceptors (Lipinski definition) is 2. The molecule has 0 N–H and O–H groups in total. The van der Waals surface area contributed by atoms with Gasteiger partial charge < -0.3 is 9.47 Å². The molecule has 0 heterocycles. The second-order valence-electron chi connectivity index (χ2n) is 3.18. The minimum Gasteiger partial charge on any atom is -0.352 e. The number of hydrogen-bond donors (Lipinski definition) is 0. The first-order valence-electron chi connectivity index (χ1n) is 4.66. The van der Waals surface area contributed by atoms with Crippen molar-refractivity contribution in [1.29, 1.82) is 0 Å². The molecular formula is C10H18O2. The van der Waals surface area contributed by atoms with Gasteiger partial charge in [-0.15, -0.1) is 6.58 Å². The molecule has 1 aliphatic carbocycles. The first kappa shape index (κ1) is 9.75. The van der Waals surface area contributed by atoms with Crippen molar-refractivity contribution in [2.45, 2.75) is 33.0 Å². The molecule has 1 saturated carbocycles. The summed E-state index contributed by atoms with van der Waals surface area (Å²) in [6.45, 7) is 9.22. The second kappa shape index (κ2) is 4.06. The van der Waals surface area contributed by atoms with E-state index in [4.69, 9.17) is 9.47 Å². The Morgan fingerprint density at radius 3 is 2.08 bits per heavy atom. The van der Waals surface area contributed by atoms with E-state index in [-0.39, 0.29) is 11.7 Å². The molecule has 2 heteroatoms. The highest BCUT2D eigenvalue weighted by Gasteiger charge is 2.48. The fourth-order valence-corrected chi connectivity index (χ4v) is 1.36. The van der Waals surface area contributed by atoms with Crippen molar-refractivity contribution in [3.05, 3.63) is 12.7 Å². The fourth-order valence-electron chi connectivity index (χ4n) is 1.36. The Balaban J connectivity index is 2.46. The fraction of sp³-hybridized carbons (Fsp3) is 0.800. The number of ether oxygens (including phenoxy) is 2. The highest BCUT2D eigenvalue weighted by atomic mass is 16.7. The molecule has 0 aromatic rings. The smallest absolute Gasteiger partial charge is 0.166 e. The van der Waals surface area contributed by atoms with E-state index >= 15 is 0 Å². The van der Waals surface area contributed by atoms with Crippen molar-refractivity contribution in [2.24, 2.45) is 5.41 Å². The van der Waals surface area contributed by atoms with Crippen LogP contribution in [0.5, 0.6) is 0 Å². The van der Waals surface area contributed by atoms with Gasteiger partial charge in [-0.1, -0.05) is 6.08 Å². The molecule has 1 fully saturated rings. The maximum atomic E-state index is 5.51. The summed E-state index contributed by atoms with van der Waals surface area (Å²) in [4.78, 5) is 0. The molecule has 0 aromatic heterocycles. The molecular weight excluding hydrogens is 152 g/mol. The number of rotatable bonds is 6. The lowest BCUT2D eigenvalue weighted by Gasteiger charge is -2.23. The average Bonchev–Trinajstić information content (AvgIpc) is 2.85. The van der Waals surface area contributed by atoms with Gasteiger partial charge in [0.15, 0.2) is 6.29 Å². The van der Waals surface area contributed by atoms with Gasteiger partial charge in [0, 0.05) is 18.6 Å². The molecule has 0 bridgehead atoms. The first-order valence-corrected chi connectivity index (χ1v) is 4.66. The quantitative estimate of drug-likeness (QED) is 0.450. The molecule has 0 saturated heterocycles. The van der Waals surface area contributed by atoms with Crippen LogP contribution in [-0.2, 0) is 9.47 Å². The van der Waals surface area contributed by atoms with E-state index in [1.165, 1.54) is 0 Å². The Bertz CT molecular complexity index is 144. The van der Waals surface area contributed by atoms with E-state index in [1.54, 1.807) is 0 Å². The lowest BCUT2D eigenvalue weighted by molar-refractivity contribution is -0.165. The minimum atomic E-state index is -0.0648. The molecule has 0 aromatic carbocycles. The van der Waals surface area contributed by atoms with Gasteiger partial charge in [-0.25, -0.2) is 0 Å². The van der Waals surface area contributed by atoms with Crippen LogP contribution < -0.4 is 0 Å². The van der Waals surface area contributed by atoms with E-state index in [0.717, 1.165) is 12.8 Å². The lowest BCUT2D eigenvalue weighted by atomic mass is 10.1. The van der Waals surface area contributed by atoms with Crippen LogP contribution in [0.15, 0.2) is 12.7 Å². The van der Waals surface area contributed by atoms with E-state index in [1.807, 2.05) is 19.9 Å². The summed E-state index contributed by atoms with van der Waals surface area (Å²) in [7, 11) is 0. The van der Waals surface area contributed by atoms with Gasteiger partial charge in [0.1, 0.15) is 0 Å². The van der Waals surface area contributed by atoms with Gasteiger partial charge >= 0.3 is 0 Å². The standard InChI is InChI=1S/C10H18O2/c1-4-10(7-8-10)9(11-5-2)12-6-3/h4,9H,1,5-8H2,2-3H3. The summed E-state index contributed by atoms with van der Waals surface area (Å²) in [5.41, 5.74) is 0.131. The molecule has 0 radical (unpaired) electrons. The molecule has 2 nitrogen and oxygen atoms in total. The summed E-state index contributed by atoms with van der Waals surface area (Å²) in [5.74, 6) is 0. The summed E-state index contributed by atoms with van der Waals surface area (Å²) < 4.78 is 11.0. The van der Waals surface area contributed by atoms with Crippen LogP contribution in [0.2, 0.25) is 0 Å².